The molecule has 1 aromatic carbocycles. The summed E-state index contributed by atoms with van der Waals surface area (Å²) in [6.45, 7) is 4.36. The minimum absolute atomic E-state index is 0.0999. The van der Waals surface area contributed by atoms with Crippen LogP contribution in [0.4, 0.5) is 0 Å². The number of allylic oxidation sites excluding steroid dienone is 1. The van der Waals surface area contributed by atoms with Gasteiger partial charge in [0.1, 0.15) is 5.82 Å². The van der Waals surface area contributed by atoms with Gasteiger partial charge in [-0.1, -0.05) is 41.6 Å². The Balaban J connectivity index is 1.52. The van der Waals surface area contributed by atoms with Crippen molar-refractivity contribution in [2.45, 2.75) is 30.5 Å². The van der Waals surface area contributed by atoms with Crippen molar-refractivity contribution in [3.63, 3.8) is 0 Å². The van der Waals surface area contributed by atoms with Crippen molar-refractivity contribution in [1.82, 2.24) is 25.6 Å². The van der Waals surface area contributed by atoms with E-state index in [1.165, 1.54) is 11.8 Å². The number of hydrogen-bond donors (Lipinski definition) is 2. The van der Waals surface area contributed by atoms with Gasteiger partial charge in [-0.3, -0.25) is 20.4 Å². The molecular formula is C17H18ClN5O2S. The Kier molecular flexibility index (Phi) is 5.95. The van der Waals surface area contributed by atoms with E-state index in [0.29, 0.717) is 28.2 Å². The normalized spacial score (nSPS) is 13.3. The van der Waals surface area contributed by atoms with Gasteiger partial charge in [0, 0.05) is 12.5 Å². The molecule has 3 rings (SSSR count). The Hall–Kier alpha value is -2.32. The van der Waals surface area contributed by atoms with E-state index in [9.17, 15) is 9.59 Å². The van der Waals surface area contributed by atoms with E-state index in [2.05, 4.69) is 27.6 Å². The number of benzene rings is 1. The zero-order valence-corrected chi connectivity index (χ0v) is 15.5. The zero-order chi connectivity index (χ0) is 18.5. The van der Waals surface area contributed by atoms with Crippen LogP contribution in [0.15, 0.2) is 42.1 Å². The Morgan fingerprint density at radius 1 is 1.31 bits per heavy atom. The summed E-state index contributed by atoms with van der Waals surface area (Å²) < 4.78 is 1.98. The van der Waals surface area contributed by atoms with Gasteiger partial charge in [0.25, 0.3) is 5.91 Å². The summed E-state index contributed by atoms with van der Waals surface area (Å²) in [5, 5.41) is 9.38. The van der Waals surface area contributed by atoms with Crippen molar-refractivity contribution < 1.29 is 9.59 Å². The lowest BCUT2D eigenvalue weighted by molar-refractivity contribution is -0.119. The van der Waals surface area contributed by atoms with Crippen molar-refractivity contribution in [3.05, 3.63) is 53.3 Å². The Morgan fingerprint density at radius 3 is 2.77 bits per heavy atom. The highest BCUT2D eigenvalue weighted by atomic mass is 35.5. The van der Waals surface area contributed by atoms with Gasteiger partial charge in [0.15, 0.2) is 5.16 Å². The number of halogens is 1. The number of nitrogens with zero attached hydrogens (tertiary/aromatic N) is 3. The number of carbonyl (C=O) groups excluding carboxylic acids is 2. The Morgan fingerprint density at radius 2 is 2.08 bits per heavy atom. The van der Waals surface area contributed by atoms with Gasteiger partial charge in [-0.05, 0) is 25.0 Å². The van der Waals surface area contributed by atoms with Crippen LogP contribution in [0.5, 0.6) is 0 Å². The molecule has 0 saturated heterocycles. The number of hydrazine groups is 1. The quantitative estimate of drug-likeness (QED) is 0.430. The van der Waals surface area contributed by atoms with Gasteiger partial charge in [-0.15, -0.1) is 16.8 Å². The van der Waals surface area contributed by atoms with Gasteiger partial charge in [-0.2, -0.15) is 0 Å². The third-order valence-electron chi connectivity index (χ3n) is 3.77. The van der Waals surface area contributed by atoms with E-state index in [0.717, 1.165) is 18.7 Å². The molecule has 0 atom stereocenters. The van der Waals surface area contributed by atoms with Gasteiger partial charge in [0.2, 0.25) is 5.91 Å². The number of rotatable bonds is 7. The molecule has 0 bridgehead atoms. The Labute approximate surface area is 160 Å². The molecular weight excluding hydrogens is 374 g/mol. The smallest absolute Gasteiger partial charge is 0.271 e. The summed E-state index contributed by atoms with van der Waals surface area (Å²) in [7, 11) is 0. The van der Waals surface area contributed by atoms with Crippen molar-refractivity contribution in [2.24, 2.45) is 0 Å². The predicted molar refractivity (Wildman–Crippen MR) is 100.0 cm³/mol. The lowest BCUT2D eigenvalue weighted by Crippen LogP contribution is -2.42. The SMILES string of the molecule is C=CCn1c(SCC(=O)NNC(=O)c2ccccc2Cl)nnc1C1CC1. The summed E-state index contributed by atoms with van der Waals surface area (Å²) >= 11 is 7.22. The summed E-state index contributed by atoms with van der Waals surface area (Å²) in [6.07, 6.45) is 4.02. The number of hydrogen-bond acceptors (Lipinski definition) is 5. The highest BCUT2D eigenvalue weighted by Gasteiger charge is 2.30. The van der Waals surface area contributed by atoms with Crippen LogP contribution >= 0.6 is 23.4 Å². The van der Waals surface area contributed by atoms with Gasteiger partial charge in [0.05, 0.1) is 16.3 Å². The lowest BCUT2D eigenvalue weighted by atomic mass is 10.2. The van der Waals surface area contributed by atoms with Crippen molar-refractivity contribution in [1.29, 1.82) is 0 Å². The predicted octanol–water partition coefficient (Wildman–Crippen LogP) is 2.55. The van der Waals surface area contributed by atoms with Crippen LogP contribution in [0.3, 0.4) is 0 Å². The van der Waals surface area contributed by atoms with Crippen LogP contribution in [0, 0.1) is 0 Å². The molecule has 9 heteroatoms. The van der Waals surface area contributed by atoms with Crippen LogP contribution in [0.25, 0.3) is 0 Å². The van der Waals surface area contributed by atoms with Gasteiger partial charge >= 0.3 is 0 Å². The van der Waals surface area contributed by atoms with Gasteiger partial charge in [-0.25, -0.2) is 0 Å². The number of amides is 2. The number of nitrogens with one attached hydrogen (secondary N) is 2. The number of aromatic nitrogens is 3. The fourth-order valence-corrected chi connectivity index (χ4v) is 3.33. The first-order chi connectivity index (χ1) is 12.6. The second kappa shape index (κ2) is 8.37. The lowest BCUT2D eigenvalue weighted by Gasteiger charge is -2.09. The molecule has 0 aliphatic heterocycles. The van der Waals surface area contributed by atoms with Crippen LogP contribution in [0.1, 0.15) is 34.9 Å². The molecule has 1 aliphatic rings. The molecule has 136 valence electrons. The van der Waals surface area contributed by atoms with Crippen molar-refractivity contribution in [2.75, 3.05) is 5.75 Å². The first kappa shape index (κ1) is 18.5. The molecule has 1 heterocycles. The minimum atomic E-state index is -0.472. The molecule has 0 radical (unpaired) electrons. The van der Waals surface area contributed by atoms with Crippen LogP contribution in [-0.2, 0) is 11.3 Å². The third-order valence-corrected chi connectivity index (χ3v) is 5.06. The van der Waals surface area contributed by atoms with E-state index in [1.54, 1.807) is 30.3 Å². The molecule has 0 unspecified atom stereocenters. The monoisotopic (exact) mass is 391 g/mol. The maximum absolute atomic E-state index is 12.0. The van der Waals surface area contributed by atoms with Gasteiger partial charge < -0.3 is 4.57 Å². The molecule has 1 saturated carbocycles. The molecule has 2 N–H and O–H groups in total. The standard InChI is InChI=1S/C17H18ClN5O2S/c1-2-9-23-15(11-7-8-11)20-22-17(23)26-10-14(24)19-21-16(25)12-5-3-4-6-13(12)18/h2-6,11H,1,7-10H2,(H,19,24)(H,21,25). The molecule has 7 nitrogen and oxygen atoms in total. The Bertz CT molecular complexity index is 834. The van der Waals surface area contributed by atoms with E-state index in [1.807, 2.05) is 4.57 Å². The highest BCUT2D eigenvalue weighted by Crippen LogP contribution is 2.40. The second-order valence-corrected chi connectivity index (χ2v) is 7.13. The molecule has 1 aliphatic carbocycles. The van der Waals surface area contributed by atoms with Crippen LogP contribution in [-0.4, -0.2) is 32.3 Å². The minimum Gasteiger partial charge on any atom is -0.302 e. The first-order valence-electron chi connectivity index (χ1n) is 8.10. The maximum atomic E-state index is 12.0. The maximum Gasteiger partial charge on any atom is 0.271 e. The molecule has 1 aromatic heterocycles. The number of carbonyl (C=O) groups is 2. The molecule has 0 spiro atoms. The summed E-state index contributed by atoms with van der Waals surface area (Å²) in [5.41, 5.74) is 5.02. The topological polar surface area (TPSA) is 88.9 Å². The second-order valence-electron chi connectivity index (χ2n) is 5.79. The largest absolute Gasteiger partial charge is 0.302 e. The fourth-order valence-electron chi connectivity index (χ4n) is 2.36. The fraction of sp³-hybridized carbons (Fsp3) is 0.294. The average Bonchev–Trinajstić information content (AvgIpc) is 3.40. The van der Waals surface area contributed by atoms with Crippen molar-refractivity contribution in [3.8, 4) is 0 Å². The van der Waals surface area contributed by atoms with E-state index < -0.39 is 5.91 Å². The van der Waals surface area contributed by atoms with E-state index in [4.69, 9.17) is 11.6 Å². The average molecular weight is 392 g/mol. The van der Waals surface area contributed by atoms with E-state index >= 15 is 0 Å². The summed E-state index contributed by atoms with van der Waals surface area (Å²) in [6, 6.07) is 6.61. The zero-order valence-electron chi connectivity index (χ0n) is 13.9. The molecule has 26 heavy (non-hydrogen) atoms. The molecule has 2 aromatic rings. The first-order valence-corrected chi connectivity index (χ1v) is 9.47. The summed E-state index contributed by atoms with van der Waals surface area (Å²) in [4.78, 5) is 24.0. The highest BCUT2D eigenvalue weighted by molar-refractivity contribution is 7.99. The van der Waals surface area contributed by atoms with Crippen molar-refractivity contribution >= 4 is 35.2 Å². The summed E-state index contributed by atoms with van der Waals surface area (Å²) in [5.74, 6) is 0.680. The third kappa shape index (κ3) is 4.44. The van der Waals surface area contributed by atoms with E-state index in [-0.39, 0.29) is 11.7 Å². The van der Waals surface area contributed by atoms with Crippen LogP contribution < -0.4 is 10.9 Å². The number of thioether (sulfide) groups is 1. The van der Waals surface area contributed by atoms with Crippen LogP contribution in [0.2, 0.25) is 5.02 Å². The molecule has 2 amide bonds. The molecule has 1 fully saturated rings.